The molecule has 0 aliphatic heterocycles. The first kappa shape index (κ1) is 11.8. The smallest absolute Gasteiger partial charge is 0.140 e. The van der Waals surface area contributed by atoms with Gasteiger partial charge in [0.25, 0.3) is 0 Å². The molecule has 1 aliphatic carbocycles. The number of aromatic nitrogens is 2. The summed E-state index contributed by atoms with van der Waals surface area (Å²) in [4.78, 5) is 0. The van der Waals surface area contributed by atoms with Gasteiger partial charge in [0, 0.05) is 29.6 Å². The average Bonchev–Trinajstić information content (AvgIpc) is 2.96. The molecule has 0 aromatic carbocycles. The van der Waals surface area contributed by atoms with Crippen molar-refractivity contribution in [3.63, 3.8) is 0 Å². The van der Waals surface area contributed by atoms with E-state index in [-0.39, 0.29) is 0 Å². The Balaban J connectivity index is 1.61. The number of aryl methyl sites for hydroxylation is 1. The Labute approximate surface area is 110 Å². The number of rotatable bonds is 4. The van der Waals surface area contributed by atoms with Crippen molar-refractivity contribution in [1.82, 2.24) is 10.3 Å². The highest BCUT2D eigenvalue weighted by atomic mass is 32.2. The second-order valence-electron chi connectivity index (χ2n) is 4.58. The fourth-order valence-corrected chi connectivity index (χ4v) is 3.18. The van der Waals surface area contributed by atoms with E-state index in [2.05, 4.69) is 10.3 Å². The first-order valence-corrected chi connectivity index (χ1v) is 7.52. The fourth-order valence-electron chi connectivity index (χ4n) is 2.30. The molecule has 2 aromatic rings. The van der Waals surface area contributed by atoms with E-state index in [1.807, 2.05) is 6.07 Å². The summed E-state index contributed by atoms with van der Waals surface area (Å²) in [6.07, 6.45) is 7.58. The van der Waals surface area contributed by atoms with Gasteiger partial charge < -0.3 is 9.05 Å². The van der Waals surface area contributed by atoms with Gasteiger partial charge in [-0.05, 0) is 19.3 Å². The first-order valence-electron chi connectivity index (χ1n) is 6.37. The van der Waals surface area contributed by atoms with Crippen LogP contribution >= 0.6 is 11.8 Å². The van der Waals surface area contributed by atoms with Crippen LogP contribution in [0.4, 0.5) is 0 Å². The predicted molar refractivity (Wildman–Crippen MR) is 69.3 cm³/mol. The van der Waals surface area contributed by atoms with Gasteiger partial charge in [-0.15, -0.1) is 11.8 Å². The molecule has 0 bridgehead atoms. The third-order valence-corrected chi connectivity index (χ3v) is 4.24. The van der Waals surface area contributed by atoms with Crippen molar-refractivity contribution in [1.29, 1.82) is 0 Å². The number of nitrogens with zero attached hydrogens (tertiary/aromatic N) is 2. The lowest BCUT2D eigenvalue weighted by Crippen LogP contribution is -1.92. The van der Waals surface area contributed by atoms with E-state index in [0.29, 0.717) is 0 Å². The Morgan fingerprint density at radius 2 is 2.06 bits per heavy atom. The summed E-state index contributed by atoms with van der Waals surface area (Å²) in [7, 11) is 0. The molecule has 0 radical (unpaired) electrons. The van der Waals surface area contributed by atoms with Crippen molar-refractivity contribution in [3.8, 4) is 0 Å². The van der Waals surface area contributed by atoms with Crippen LogP contribution in [0.2, 0.25) is 0 Å². The fraction of sp³-hybridized carbons (Fsp3) is 0.538. The molecule has 0 saturated carbocycles. The third-order valence-electron chi connectivity index (χ3n) is 3.26. The van der Waals surface area contributed by atoms with E-state index in [1.165, 1.54) is 24.8 Å². The maximum atomic E-state index is 5.46. The van der Waals surface area contributed by atoms with Crippen molar-refractivity contribution >= 4 is 11.8 Å². The molecule has 3 rings (SSSR count). The van der Waals surface area contributed by atoms with Crippen LogP contribution in [0.5, 0.6) is 0 Å². The Kier molecular flexibility index (Phi) is 3.69. The molecule has 0 atom stereocenters. The number of hydrogen-bond donors (Lipinski definition) is 0. The topological polar surface area (TPSA) is 52.1 Å². The van der Waals surface area contributed by atoms with Gasteiger partial charge in [-0.2, -0.15) is 0 Å². The van der Waals surface area contributed by atoms with E-state index >= 15 is 0 Å². The summed E-state index contributed by atoms with van der Waals surface area (Å²) in [5.74, 6) is 2.87. The van der Waals surface area contributed by atoms with Gasteiger partial charge >= 0.3 is 0 Å². The van der Waals surface area contributed by atoms with Gasteiger partial charge in [0.1, 0.15) is 12.0 Å². The van der Waals surface area contributed by atoms with E-state index in [9.17, 15) is 0 Å². The van der Waals surface area contributed by atoms with E-state index < -0.39 is 0 Å². The van der Waals surface area contributed by atoms with Crippen LogP contribution in [-0.2, 0) is 24.3 Å². The van der Waals surface area contributed by atoms with E-state index in [1.54, 1.807) is 18.0 Å². The quantitative estimate of drug-likeness (QED) is 0.792. The second-order valence-corrected chi connectivity index (χ2v) is 5.56. The zero-order valence-corrected chi connectivity index (χ0v) is 11.0. The lowest BCUT2D eigenvalue weighted by molar-refractivity contribution is 0.376. The summed E-state index contributed by atoms with van der Waals surface area (Å²) in [5, 5.41) is 8.12. The molecule has 0 unspecified atom stereocenters. The van der Waals surface area contributed by atoms with Gasteiger partial charge in [-0.25, -0.2) is 0 Å². The Bertz CT molecular complexity index is 493. The number of hydrogen-bond acceptors (Lipinski definition) is 5. The molecule has 2 heterocycles. The van der Waals surface area contributed by atoms with Crippen LogP contribution in [-0.4, -0.2) is 10.3 Å². The Morgan fingerprint density at radius 1 is 1.11 bits per heavy atom. The molecule has 18 heavy (non-hydrogen) atoms. The molecule has 96 valence electrons. The van der Waals surface area contributed by atoms with Gasteiger partial charge in [-0.1, -0.05) is 16.7 Å². The number of fused-ring (bicyclic) bond motifs is 1. The standard InChI is InChI=1S/C13H16N2O2S/c1-2-4-11-12(15-17-13(11)5-3-1)9-18-8-10-6-7-16-14-10/h6-7H,1-5,8-9H2. The van der Waals surface area contributed by atoms with Crippen LogP contribution in [0, 0.1) is 0 Å². The largest absolute Gasteiger partial charge is 0.364 e. The van der Waals surface area contributed by atoms with Gasteiger partial charge in [0.05, 0.1) is 11.4 Å². The highest BCUT2D eigenvalue weighted by Gasteiger charge is 2.17. The summed E-state index contributed by atoms with van der Waals surface area (Å²) >= 11 is 1.80. The minimum atomic E-state index is 0.859. The van der Waals surface area contributed by atoms with Crippen LogP contribution in [0.25, 0.3) is 0 Å². The molecule has 2 aromatic heterocycles. The highest BCUT2D eigenvalue weighted by Crippen LogP contribution is 2.26. The molecule has 0 saturated heterocycles. The lowest BCUT2D eigenvalue weighted by Gasteiger charge is -1.99. The van der Waals surface area contributed by atoms with Gasteiger partial charge in [0.15, 0.2) is 0 Å². The maximum absolute atomic E-state index is 5.46. The summed E-state index contributed by atoms with van der Waals surface area (Å²) in [6, 6.07) is 1.90. The molecule has 5 heteroatoms. The zero-order chi connectivity index (χ0) is 12.2. The summed E-state index contributed by atoms with van der Waals surface area (Å²) in [5.41, 5.74) is 3.47. The Hall–Kier alpha value is -1.23. The summed E-state index contributed by atoms with van der Waals surface area (Å²) in [6.45, 7) is 0. The van der Waals surface area contributed by atoms with Crippen molar-refractivity contribution in [2.24, 2.45) is 0 Å². The minimum absolute atomic E-state index is 0.859. The minimum Gasteiger partial charge on any atom is -0.364 e. The van der Waals surface area contributed by atoms with Crippen LogP contribution in [0.3, 0.4) is 0 Å². The predicted octanol–water partition coefficient (Wildman–Crippen LogP) is 3.36. The van der Waals surface area contributed by atoms with Crippen molar-refractivity contribution in [2.45, 2.75) is 43.6 Å². The second kappa shape index (κ2) is 5.61. The zero-order valence-electron chi connectivity index (χ0n) is 10.2. The highest BCUT2D eigenvalue weighted by molar-refractivity contribution is 7.97. The summed E-state index contributed by atoms with van der Waals surface area (Å²) < 4.78 is 10.3. The normalized spacial score (nSPS) is 15.3. The van der Waals surface area contributed by atoms with E-state index in [4.69, 9.17) is 9.05 Å². The SMILES string of the molecule is c1cc(CSCc2noc3c2CCCCC3)no1. The average molecular weight is 264 g/mol. The third kappa shape index (κ3) is 2.61. The van der Waals surface area contributed by atoms with Crippen molar-refractivity contribution < 1.29 is 9.05 Å². The Morgan fingerprint density at radius 3 is 2.94 bits per heavy atom. The maximum Gasteiger partial charge on any atom is 0.140 e. The number of thioether (sulfide) groups is 1. The van der Waals surface area contributed by atoms with Crippen LogP contribution < -0.4 is 0 Å². The van der Waals surface area contributed by atoms with Crippen molar-refractivity contribution in [2.75, 3.05) is 0 Å². The van der Waals surface area contributed by atoms with Crippen LogP contribution in [0.1, 0.15) is 42.0 Å². The molecule has 1 aliphatic rings. The molecule has 0 fully saturated rings. The van der Waals surface area contributed by atoms with Crippen molar-refractivity contribution in [3.05, 3.63) is 35.0 Å². The molecular weight excluding hydrogens is 248 g/mol. The molecule has 0 N–H and O–H groups in total. The molecule has 0 spiro atoms. The first-order chi connectivity index (χ1) is 8.93. The molecule has 0 amide bonds. The molecule has 4 nitrogen and oxygen atoms in total. The monoisotopic (exact) mass is 264 g/mol. The van der Waals surface area contributed by atoms with Gasteiger partial charge in [0.2, 0.25) is 0 Å². The molecular formula is C13H16N2O2S. The lowest BCUT2D eigenvalue weighted by atomic mass is 10.1. The van der Waals surface area contributed by atoms with E-state index in [0.717, 1.165) is 41.5 Å². The van der Waals surface area contributed by atoms with Gasteiger partial charge in [-0.3, -0.25) is 0 Å². The van der Waals surface area contributed by atoms with Crippen LogP contribution in [0.15, 0.2) is 21.4 Å².